The van der Waals surface area contributed by atoms with E-state index in [2.05, 4.69) is 0 Å². The van der Waals surface area contributed by atoms with Crippen molar-refractivity contribution in [2.45, 2.75) is 10.9 Å². The van der Waals surface area contributed by atoms with E-state index in [1.165, 1.54) is 12.1 Å². The van der Waals surface area contributed by atoms with Crippen molar-refractivity contribution in [2.24, 2.45) is 5.73 Å². The number of halogens is 3. The van der Waals surface area contributed by atoms with Gasteiger partial charge in [-0.15, -0.1) is 0 Å². The summed E-state index contributed by atoms with van der Waals surface area (Å²) in [6.45, 7) is 0. The zero-order chi connectivity index (χ0) is 17.2. The molecule has 1 atom stereocenters. The quantitative estimate of drug-likeness (QED) is 0.808. The molecule has 3 N–H and O–H groups in total. The minimum absolute atomic E-state index is 0.242. The standard InChI is InChI=1S/C14H11F3N2O3S/c15-10-6-9(7-11(16)12(10)17)23(21,22)19-13(14(18)20)8-4-2-1-3-5-8/h1-7,13,19H,(H2,18,20). The van der Waals surface area contributed by atoms with E-state index in [0.717, 1.165) is 0 Å². The van der Waals surface area contributed by atoms with Crippen LogP contribution >= 0.6 is 0 Å². The highest BCUT2D eigenvalue weighted by Crippen LogP contribution is 2.20. The first kappa shape index (κ1) is 17.0. The molecular formula is C14H11F3N2O3S. The molecule has 0 saturated carbocycles. The van der Waals surface area contributed by atoms with Gasteiger partial charge in [0.1, 0.15) is 6.04 Å². The van der Waals surface area contributed by atoms with Gasteiger partial charge < -0.3 is 5.73 Å². The fraction of sp³-hybridized carbons (Fsp3) is 0.0714. The van der Waals surface area contributed by atoms with Crippen LogP contribution in [-0.2, 0) is 14.8 Å². The lowest BCUT2D eigenvalue weighted by molar-refractivity contribution is -0.119. The molecule has 0 heterocycles. The molecule has 2 rings (SSSR count). The average Bonchev–Trinajstić information content (AvgIpc) is 2.50. The van der Waals surface area contributed by atoms with Gasteiger partial charge in [0.05, 0.1) is 4.90 Å². The Morgan fingerprint density at radius 1 is 1.04 bits per heavy atom. The second-order valence-corrected chi connectivity index (χ2v) is 6.28. The van der Waals surface area contributed by atoms with Crippen LogP contribution in [0.25, 0.3) is 0 Å². The van der Waals surface area contributed by atoms with E-state index < -0.39 is 44.3 Å². The number of rotatable bonds is 5. The lowest BCUT2D eigenvalue weighted by atomic mass is 10.1. The van der Waals surface area contributed by atoms with Crippen molar-refractivity contribution in [2.75, 3.05) is 0 Å². The molecule has 0 saturated heterocycles. The van der Waals surface area contributed by atoms with Crippen LogP contribution in [0.1, 0.15) is 11.6 Å². The monoisotopic (exact) mass is 344 g/mol. The molecule has 0 bridgehead atoms. The lowest BCUT2D eigenvalue weighted by Crippen LogP contribution is -2.37. The van der Waals surface area contributed by atoms with E-state index in [-0.39, 0.29) is 5.56 Å². The Balaban J connectivity index is 2.42. The molecule has 2 aromatic carbocycles. The predicted octanol–water partition coefficient (Wildman–Crippen LogP) is 1.61. The number of carbonyl (C=O) groups excluding carboxylic acids is 1. The Morgan fingerprint density at radius 3 is 2.04 bits per heavy atom. The Bertz CT molecular complexity index is 819. The van der Waals surface area contributed by atoms with Gasteiger partial charge in [0.25, 0.3) is 0 Å². The number of primary amides is 1. The molecule has 0 aromatic heterocycles. The van der Waals surface area contributed by atoms with Crippen LogP contribution in [0.3, 0.4) is 0 Å². The predicted molar refractivity (Wildman–Crippen MR) is 75.0 cm³/mol. The Labute approximate surface area is 130 Å². The second kappa shape index (κ2) is 6.39. The van der Waals surface area contributed by atoms with Crippen molar-refractivity contribution in [3.8, 4) is 0 Å². The van der Waals surface area contributed by atoms with Crippen molar-refractivity contribution in [1.82, 2.24) is 4.72 Å². The van der Waals surface area contributed by atoms with Crippen LogP contribution in [0.15, 0.2) is 47.4 Å². The van der Waals surface area contributed by atoms with Gasteiger partial charge in [-0.1, -0.05) is 30.3 Å². The summed E-state index contributed by atoms with van der Waals surface area (Å²) in [5.41, 5.74) is 5.41. The summed E-state index contributed by atoms with van der Waals surface area (Å²) in [7, 11) is -4.51. The molecule has 1 unspecified atom stereocenters. The van der Waals surface area contributed by atoms with E-state index in [0.29, 0.717) is 12.1 Å². The fourth-order valence-corrected chi connectivity index (χ4v) is 3.06. The average molecular weight is 344 g/mol. The number of amides is 1. The highest BCUT2D eigenvalue weighted by atomic mass is 32.2. The molecule has 9 heteroatoms. The third-order valence-electron chi connectivity index (χ3n) is 2.96. The van der Waals surface area contributed by atoms with Crippen molar-refractivity contribution >= 4 is 15.9 Å². The highest BCUT2D eigenvalue weighted by Gasteiger charge is 2.27. The van der Waals surface area contributed by atoms with E-state index in [4.69, 9.17) is 5.73 Å². The van der Waals surface area contributed by atoms with E-state index in [1.54, 1.807) is 18.2 Å². The highest BCUT2D eigenvalue weighted by molar-refractivity contribution is 7.89. The van der Waals surface area contributed by atoms with E-state index >= 15 is 0 Å². The molecule has 5 nitrogen and oxygen atoms in total. The minimum Gasteiger partial charge on any atom is -0.368 e. The summed E-state index contributed by atoms with van der Waals surface area (Å²) >= 11 is 0. The maximum absolute atomic E-state index is 13.2. The van der Waals surface area contributed by atoms with Crippen LogP contribution in [-0.4, -0.2) is 14.3 Å². The molecule has 0 radical (unpaired) electrons. The van der Waals surface area contributed by atoms with Crippen molar-refractivity contribution in [1.29, 1.82) is 0 Å². The maximum Gasteiger partial charge on any atom is 0.241 e. The second-order valence-electron chi connectivity index (χ2n) is 4.57. The first-order chi connectivity index (χ1) is 10.7. The van der Waals surface area contributed by atoms with Gasteiger partial charge in [-0.2, -0.15) is 4.72 Å². The number of nitrogens with two attached hydrogens (primary N) is 1. The molecule has 0 aliphatic heterocycles. The van der Waals surface area contributed by atoms with Crippen molar-refractivity contribution < 1.29 is 26.4 Å². The third-order valence-corrected chi connectivity index (χ3v) is 4.36. The number of hydrogen-bond donors (Lipinski definition) is 2. The van der Waals surface area contributed by atoms with E-state index in [9.17, 15) is 26.4 Å². The topological polar surface area (TPSA) is 89.3 Å². The van der Waals surface area contributed by atoms with Gasteiger partial charge in [0.15, 0.2) is 17.5 Å². The number of hydrogen-bond acceptors (Lipinski definition) is 3. The van der Waals surface area contributed by atoms with Gasteiger partial charge in [-0.05, 0) is 17.7 Å². The molecule has 0 aliphatic carbocycles. The van der Waals surface area contributed by atoms with Crippen LogP contribution in [0.2, 0.25) is 0 Å². The number of sulfonamides is 1. The zero-order valence-electron chi connectivity index (χ0n) is 11.5. The molecular weight excluding hydrogens is 333 g/mol. The summed E-state index contributed by atoms with van der Waals surface area (Å²) in [5, 5.41) is 0. The lowest BCUT2D eigenvalue weighted by Gasteiger charge is -2.16. The zero-order valence-corrected chi connectivity index (χ0v) is 12.3. The maximum atomic E-state index is 13.2. The number of nitrogens with one attached hydrogen (secondary N) is 1. The van der Waals surface area contributed by atoms with Crippen LogP contribution in [0, 0.1) is 17.5 Å². The summed E-state index contributed by atoms with van der Waals surface area (Å²) in [6.07, 6.45) is 0. The smallest absolute Gasteiger partial charge is 0.241 e. The molecule has 23 heavy (non-hydrogen) atoms. The molecule has 2 aromatic rings. The first-order valence-electron chi connectivity index (χ1n) is 6.23. The Kier molecular flexibility index (Phi) is 4.71. The van der Waals surface area contributed by atoms with Crippen molar-refractivity contribution in [3.63, 3.8) is 0 Å². The van der Waals surface area contributed by atoms with Gasteiger partial charge >= 0.3 is 0 Å². The molecule has 1 amide bonds. The summed E-state index contributed by atoms with van der Waals surface area (Å²) in [4.78, 5) is 10.6. The van der Waals surface area contributed by atoms with Crippen LogP contribution in [0.5, 0.6) is 0 Å². The number of benzene rings is 2. The number of carbonyl (C=O) groups is 1. The molecule has 0 fully saturated rings. The normalized spacial score (nSPS) is 12.8. The van der Waals surface area contributed by atoms with Crippen LogP contribution < -0.4 is 10.5 Å². The van der Waals surface area contributed by atoms with Gasteiger partial charge in [-0.3, -0.25) is 4.79 Å². The first-order valence-corrected chi connectivity index (χ1v) is 7.72. The molecule has 122 valence electrons. The SMILES string of the molecule is NC(=O)C(NS(=O)(=O)c1cc(F)c(F)c(F)c1)c1ccccc1. The summed E-state index contributed by atoms with van der Waals surface area (Å²) < 4.78 is 65.6. The molecule has 0 spiro atoms. The van der Waals surface area contributed by atoms with Gasteiger partial charge in [0, 0.05) is 0 Å². The van der Waals surface area contributed by atoms with Crippen LogP contribution in [0.4, 0.5) is 13.2 Å². The van der Waals surface area contributed by atoms with Gasteiger partial charge in [-0.25, -0.2) is 21.6 Å². The molecule has 0 aliphatic rings. The summed E-state index contributed by atoms with van der Waals surface area (Å²) in [6, 6.07) is 6.81. The van der Waals surface area contributed by atoms with Crippen molar-refractivity contribution in [3.05, 3.63) is 65.5 Å². The Hall–Kier alpha value is -2.39. The summed E-state index contributed by atoms with van der Waals surface area (Å²) in [5.74, 6) is -6.14. The fourth-order valence-electron chi connectivity index (χ4n) is 1.85. The largest absolute Gasteiger partial charge is 0.368 e. The van der Waals surface area contributed by atoms with E-state index in [1.807, 2.05) is 4.72 Å². The minimum atomic E-state index is -4.51. The van der Waals surface area contributed by atoms with Gasteiger partial charge in [0.2, 0.25) is 15.9 Å². The third kappa shape index (κ3) is 3.69. The Morgan fingerprint density at radius 2 is 1.57 bits per heavy atom.